The molecule has 5 nitrogen and oxygen atoms in total. The molecular weight excluding hydrogens is 210 g/mol. The van der Waals surface area contributed by atoms with Crippen LogP contribution < -0.4 is 0 Å². The van der Waals surface area contributed by atoms with Crippen LogP contribution in [-0.4, -0.2) is 33.8 Å². The van der Waals surface area contributed by atoms with E-state index < -0.39 is 17.9 Å². The molecule has 1 rings (SSSR count). The van der Waals surface area contributed by atoms with Crippen molar-refractivity contribution in [3.05, 3.63) is 11.6 Å². The summed E-state index contributed by atoms with van der Waals surface area (Å²) in [5, 5.41) is 8.74. The normalized spacial score (nSPS) is 17.6. The molecule has 5 heteroatoms. The van der Waals surface area contributed by atoms with Gasteiger partial charge in [0.1, 0.15) is 0 Å². The van der Waals surface area contributed by atoms with Gasteiger partial charge in [0.2, 0.25) is 0 Å². The fourth-order valence-corrected chi connectivity index (χ4v) is 1.81. The summed E-state index contributed by atoms with van der Waals surface area (Å²) in [4.78, 5) is 34.9. The van der Waals surface area contributed by atoms with Crippen LogP contribution in [0, 0.1) is 0 Å². The summed E-state index contributed by atoms with van der Waals surface area (Å²) < 4.78 is 0. The molecule has 0 spiro atoms. The van der Waals surface area contributed by atoms with E-state index in [0.717, 1.165) is 11.3 Å². The zero-order chi connectivity index (χ0) is 12.3. The van der Waals surface area contributed by atoms with Gasteiger partial charge in [0, 0.05) is 11.6 Å². The molecule has 1 aliphatic heterocycles. The Morgan fingerprint density at radius 1 is 1.50 bits per heavy atom. The number of carbonyl (C=O) groups excluding carboxylic acids is 2. The van der Waals surface area contributed by atoms with Gasteiger partial charge in [-0.2, -0.15) is 0 Å². The number of hydrogen-bond acceptors (Lipinski definition) is 3. The Balaban J connectivity index is 2.83. The molecule has 0 aromatic heterocycles. The van der Waals surface area contributed by atoms with Crippen molar-refractivity contribution in [1.29, 1.82) is 0 Å². The number of hydrogen-bond donors (Lipinski definition) is 1. The predicted octanol–water partition coefficient (Wildman–Crippen LogP) is 0.945. The highest BCUT2D eigenvalue weighted by atomic mass is 16.4. The van der Waals surface area contributed by atoms with Crippen LogP contribution in [0.3, 0.4) is 0 Å². The standard InChI is InChI=1S/C11H15NO4/c1-3-4-8(6-10(14)15)12-9(13)5-7(2)11(12)16/h5,8H,3-4,6H2,1-2H3,(H,14,15). The van der Waals surface area contributed by atoms with Gasteiger partial charge in [0.05, 0.1) is 12.5 Å². The zero-order valence-electron chi connectivity index (χ0n) is 9.40. The van der Waals surface area contributed by atoms with Gasteiger partial charge in [0.25, 0.3) is 11.8 Å². The number of carboxylic acids is 1. The number of rotatable bonds is 5. The molecule has 0 aromatic rings. The van der Waals surface area contributed by atoms with Crippen LogP contribution in [0.5, 0.6) is 0 Å². The summed E-state index contributed by atoms with van der Waals surface area (Å²) in [5.74, 6) is -1.77. The van der Waals surface area contributed by atoms with Crippen molar-refractivity contribution in [3.63, 3.8) is 0 Å². The average Bonchev–Trinajstić information content (AvgIpc) is 2.40. The first-order valence-corrected chi connectivity index (χ1v) is 5.25. The minimum Gasteiger partial charge on any atom is -0.481 e. The molecule has 0 radical (unpaired) electrons. The van der Waals surface area contributed by atoms with Gasteiger partial charge in [-0.3, -0.25) is 19.3 Å². The number of nitrogens with zero attached hydrogens (tertiary/aromatic N) is 1. The quantitative estimate of drug-likeness (QED) is 0.707. The molecule has 0 bridgehead atoms. The van der Waals surface area contributed by atoms with E-state index in [4.69, 9.17) is 5.11 Å². The van der Waals surface area contributed by atoms with Gasteiger partial charge in [-0.25, -0.2) is 0 Å². The summed E-state index contributed by atoms with van der Waals surface area (Å²) in [6, 6.07) is -0.531. The lowest BCUT2D eigenvalue weighted by molar-refractivity contribution is -0.143. The van der Waals surface area contributed by atoms with Crippen LogP contribution in [0.15, 0.2) is 11.6 Å². The van der Waals surface area contributed by atoms with E-state index in [9.17, 15) is 14.4 Å². The molecule has 0 fully saturated rings. The van der Waals surface area contributed by atoms with Gasteiger partial charge < -0.3 is 5.11 Å². The van der Waals surface area contributed by atoms with Gasteiger partial charge in [-0.1, -0.05) is 13.3 Å². The zero-order valence-corrected chi connectivity index (χ0v) is 9.40. The molecular formula is C11H15NO4. The maximum atomic E-state index is 11.7. The lowest BCUT2D eigenvalue weighted by Gasteiger charge is -2.24. The van der Waals surface area contributed by atoms with Crippen LogP contribution in [0.2, 0.25) is 0 Å². The van der Waals surface area contributed by atoms with Gasteiger partial charge >= 0.3 is 5.97 Å². The SMILES string of the molecule is CCCC(CC(=O)O)N1C(=O)C=C(C)C1=O. The average molecular weight is 225 g/mol. The number of amides is 2. The van der Waals surface area contributed by atoms with Crippen molar-refractivity contribution in [2.45, 2.75) is 39.2 Å². The molecule has 1 N–H and O–H groups in total. The molecule has 1 unspecified atom stereocenters. The number of carboxylic acid groups (broad SMARTS) is 1. The fourth-order valence-electron chi connectivity index (χ4n) is 1.81. The highest BCUT2D eigenvalue weighted by Crippen LogP contribution is 2.20. The minimum atomic E-state index is -0.997. The molecule has 16 heavy (non-hydrogen) atoms. The summed E-state index contributed by atoms with van der Waals surface area (Å²) in [6.07, 6.45) is 2.32. The van der Waals surface area contributed by atoms with Crippen molar-refractivity contribution in [1.82, 2.24) is 4.90 Å². The number of imide groups is 1. The van der Waals surface area contributed by atoms with Crippen molar-refractivity contribution < 1.29 is 19.5 Å². The van der Waals surface area contributed by atoms with Crippen molar-refractivity contribution in [2.75, 3.05) is 0 Å². The number of aliphatic carboxylic acids is 1. The van der Waals surface area contributed by atoms with Crippen LogP contribution >= 0.6 is 0 Å². The molecule has 1 aliphatic rings. The first kappa shape index (κ1) is 12.4. The minimum absolute atomic E-state index is 0.188. The van der Waals surface area contributed by atoms with E-state index in [1.165, 1.54) is 6.08 Å². The molecule has 1 atom stereocenters. The Morgan fingerprint density at radius 2 is 2.12 bits per heavy atom. The van der Waals surface area contributed by atoms with Crippen molar-refractivity contribution in [3.8, 4) is 0 Å². The van der Waals surface area contributed by atoms with E-state index in [0.29, 0.717) is 12.0 Å². The Hall–Kier alpha value is -1.65. The van der Waals surface area contributed by atoms with Crippen molar-refractivity contribution in [2.24, 2.45) is 0 Å². The second-order valence-electron chi connectivity index (χ2n) is 3.88. The molecule has 2 amide bonds. The van der Waals surface area contributed by atoms with Crippen LogP contribution in [0.25, 0.3) is 0 Å². The Labute approximate surface area is 93.7 Å². The predicted molar refractivity (Wildman–Crippen MR) is 56.6 cm³/mol. The maximum absolute atomic E-state index is 11.7. The number of carbonyl (C=O) groups is 3. The Bertz CT molecular complexity index is 359. The second-order valence-corrected chi connectivity index (χ2v) is 3.88. The first-order chi connectivity index (χ1) is 7.47. The maximum Gasteiger partial charge on any atom is 0.305 e. The van der Waals surface area contributed by atoms with Gasteiger partial charge in [-0.15, -0.1) is 0 Å². The third kappa shape index (κ3) is 2.48. The van der Waals surface area contributed by atoms with Crippen molar-refractivity contribution >= 4 is 17.8 Å². The molecule has 88 valence electrons. The molecule has 0 aromatic carbocycles. The van der Waals surface area contributed by atoms with E-state index in [-0.39, 0.29) is 12.3 Å². The fraction of sp³-hybridized carbons (Fsp3) is 0.545. The largest absolute Gasteiger partial charge is 0.481 e. The molecule has 0 saturated carbocycles. The summed E-state index contributed by atoms with van der Waals surface area (Å²) in [5.41, 5.74) is 0.372. The van der Waals surface area contributed by atoms with E-state index in [1.807, 2.05) is 6.92 Å². The summed E-state index contributed by atoms with van der Waals surface area (Å²) in [7, 11) is 0. The van der Waals surface area contributed by atoms with E-state index in [1.54, 1.807) is 6.92 Å². The monoisotopic (exact) mass is 225 g/mol. The lowest BCUT2D eigenvalue weighted by atomic mass is 10.1. The Kier molecular flexibility index (Phi) is 3.82. The highest BCUT2D eigenvalue weighted by Gasteiger charge is 2.34. The van der Waals surface area contributed by atoms with Gasteiger partial charge in [0.15, 0.2) is 0 Å². The molecule has 1 heterocycles. The Morgan fingerprint density at radius 3 is 2.50 bits per heavy atom. The van der Waals surface area contributed by atoms with E-state index >= 15 is 0 Å². The summed E-state index contributed by atoms with van der Waals surface area (Å²) in [6.45, 7) is 3.45. The van der Waals surface area contributed by atoms with E-state index in [2.05, 4.69) is 0 Å². The lowest BCUT2D eigenvalue weighted by Crippen LogP contribution is -2.41. The van der Waals surface area contributed by atoms with Crippen LogP contribution in [0.1, 0.15) is 33.1 Å². The smallest absolute Gasteiger partial charge is 0.305 e. The topological polar surface area (TPSA) is 74.7 Å². The van der Waals surface area contributed by atoms with Gasteiger partial charge in [-0.05, 0) is 13.3 Å². The van der Waals surface area contributed by atoms with Crippen LogP contribution in [0.4, 0.5) is 0 Å². The molecule has 0 saturated heterocycles. The van der Waals surface area contributed by atoms with Crippen LogP contribution in [-0.2, 0) is 14.4 Å². The molecule has 0 aliphatic carbocycles. The highest BCUT2D eigenvalue weighted by molar-refractivity contribution is 6.16. The third-order valence-corrected chi connectivity index (χ3v) is 2.53. The third-order valence-electron chi connectivity index (χ3n) is 2.53. The summed E-state index contributed by atoms with van der Waals surface area (Å²) >= 11 is 0. The first-order valence-electron chi connectivity index (χ1n) is 5.25. The second kappa shape index (κ2) is 4.92.